The summed E-state index contributed by atoms with van der Waals surface area (Å²) >= 11 is 0. The van der Waals surface area contributed by atoms with Crippen molar-refractivity contribution in [3.05, 3.63) is 35.9 Å². The van der Waals surface area contributed by atoms with E-state index < -0.39 is 0 Å². The van der Waals surface area contributed by atoms with E-state index >= 15 is 0 Å². The minimum Gasteiger partial charge on any atom is -0.253 e. The van der Waals surface area contributed by atoms with Crippen LogP contribution in [0.5, 0.6) is 0 Å². The fourth-order valence-corrected chi connectivity index (χ4v) is 2.65. The van der Waals surface area contributed by atoms with E-state index in [1.807, 2.05) is 0 Å². The molecule has 1 fully saturated rings. The normalized spacial score (nSPS) is 25.9. The van der Waals surface area contributed by atoms with Gasteiger partial charge < -0.3 is 0 Å². The van der Waals surface area contributed by atoms with Crippen molar-refractivity contribution in [1.29, 1.82) is 0 Å². The third kappa shape index (κ3) is 3.06. The van der Waals surface area contributed by atoms with E-state index in [4.69, 9.17) is 0 Å². The molecule has 2 heteroatoms. The molecule has 2 rings (SSSR count). The topological polar surface area (TPSA) is 15.3 Å². The van der Waals surface area contributed by atoms with Crippen molar-refractivity contribution in [2.24, 2.45) is 0 Å². The van der Waals surface area contributed by atoms with Crippen LogP contribution in [0.2, 0.25) is 0 Å². The molecule has 2 nitrogen and oxygen atoms in total. The van der Waals surface area contributed by atoms with Gasteiger partial charge in [0.15, 0.2) is 0 Å². The Labute approximate surface area is 98.6 Å². The van der Waals surface area contributed by atoms with Crippen LogP contribution in [0.1, 0.15) is 37.2 Å². The lowest BCUT2D eigenvalue weighted by Crippen LogP contribution is -2.41. The van der Waals surface area contributed by atoms with Crippen LogP contribution in [0.3, 0.4) is 0 Å². The highest BCUT2D eigenvalue weighted by atomic mass is 15.5. The lowest BCUT2D eigenvalue weighted by Gasteiger charge is -2.31. The Morgan fingerprint density at radius 2 is 1.62 bits per heavy atom. The van der Waals surface area contributed by atoms with Crippen LogP contribution in [0.4, 0.5) is 0 Å². The molecule has 0 saturated heterocycles. The summed E-state index contributed by atoms with van der Waals surface area (Å²) in [6.45, 7) is 0. The first kappa shape index (κ1) is 11.6. The van der Waals surface area contributed by atoms with Crippen LogP contribution >= 0.6 is 0 Å². The average Bonchev–Trinajstić information content (AvgIpc) is 2.30. The molecule has 16 heavy (non-hydrogen) atoms. The fraction of sp³-hybridized carbons (Fsp3) is 0.571. The summed E-state index contributed by atoms with van der Waals surface area (Å²) in [5.74, 6) is 0.779. The predicted molar refractivity (Wildman–Crippen MR) is 68.3 cm³/mol. The first-order valence-corrected chi connectivity index (χ1v) is 6.24. The largest absolute Gasteiger partial charge is 0.253 e. The zero-order valence-electron chi connectivity index (χ0n) is 10.3. The van der Waals surface area contributed by atoms with Gasteiger partial charge in [0.2, 0.25) is 0 Å². The van der Waals surface area contributed by atoms with Crippen LogP contribution in [0.15, 0.2) is 30.3 Å². The van der Waals surface area contributed by atoms with E-state index in [2.05, 4.69) is 54.9 Å². The molecular formula is C14H22N2. The molecule has 0 amide bonds. The minimum atomic E-state index is 0.676. The summed E-state index contributed by atoms with van der Waals surface area (Å²) in [4.78, 5) is 0. The maximum atomic E-state index is 3.49. The summed E-state index contributed by atoms with van der Waals surface area (Å²) in [7, 11) is 4.15. The zero-order valence-corrected chi connectivity index (χ0v) is 10.3. The number of hydrogen-bond donors (Lipinski definition) is 1. The van der Waals surface area contributed by atoms with Crippen LogP contribution in [0, 0.1) is 0 Å². The number of benzene rings is 1. The third-order valence-corrected chi connectivity index (χ3v) is 3.44. The van der Waals surface area contributed by atoms with Gasteiger partial charge in [0, 0.05) is 20.1 Å². The summed E-state index contributed by atoms with van der Waals surface area (Å²) in [5.41, 5.74) is 5.01. The highest BCUT2D eigenvalue weighted by Crippen LogP contribution is 2.32. The lowest BCUT2D eigenvalue weighted by atomic mass is 9.82. The molecule has 0 heterocycles. The van der Waals surface area contributed by atoms with E-state index in [0.29, 0.717) is 6.04 Å². The quantitative estimate of drug-likeness (QED) is 0.785. The van der Waals surface area contributed by atoms with Crippen molar-refractivity contribution in [2.75, 3.05) is 14.1 Å². The standard InChI is InChI=1S/C14H22N2/c1-16(2)15-14-10-8-13(9-11-14)12-6-4-3-5-7-12/h3-7,13-15H,8-11H2,1-2H3. The minimum absolute atomic E-state index is 0.676. The van der Waals surface area contributed by atoms with Gasteiger partial charge >= 0.3 is 0 Å². The molecule has 0 spiro atoms. The van der Waals surface area contributed by atoms with E-state index in [9.17, 15) is 0 Å². The average molecular weight is 218 g/mol. The molecule has 1 saturated carbocycles. The maximum Gasteiger partial charge on any atom is 0.0215 e. The molecule has 1 aliphatic carbocycles. The molecule has 1 aromatic rings. The van der Waals surface area contributed by atoms with Gasteiger partial charge in [0.1, 0.15) is 0 Å². The zero-order chi connectivity index (χ0) is 11.4. The van der Waals surface area contributed by atoms with E-state index in [1.165, 1.54) is 31.2 Å². The smallest absolute Gasteiger partial charge is 0.0215 e. The highest BCUT2D eigenvalue weighted by Gasteiger charge is 2.22. The van der Waals surface area contributed by atoms with Gasteiger partial charge in [-0.1, -0.05) is 30.3 Å². The van der Waals surface area contributed by atoms with E-state index in [1.54, 1.807) is 0 Å². The first-order chi connectivity index (χ1) is 7.75. The van der Waals surface area contributed by atoms with Crippen molar-refractivity contribution in [3.63, 3.8) is 0 Å². The van der Waals surface area contributed by atoms with Gasteiger partial charge in [-0.25, -0.2) is 0 Å². The Hall–Kier alpha value is -0.860. The number of nitrogens with zero attached hydrogens (tertiary/aromatic N) is 1. The molecule has 0 bridgehead atoms. The molecule has 88 valence electrons. The van der Waals surface area contributed by atoms with Gasteiger partial charge in [-0.05, 0) is 37.2 Å². The van der Waals surface area contributed by atoms with Crippen LogP contribution in [-0.2, 0) is 0 Å². The van der Waals surface area contributed by atoms with Crippen molar-refractivity contribution < 1.29 is 0 Å². The van der Waals surface area contributed by atoms with Crippen LogP contribution in [-0.4, -0.2) is 25.1 Å². The van der Waals surface area contributed by atoms with E-state index in [0.717, 1.165) is 5.92 Å². The van der Waals surface area contributed by atoms with Crippen molar-refractivity contribution >= 4 is 0 Å². The number of rotatable bonds is 3. The van der Waals surface area contributed by atoms with Gasteiger partial charge in [-0.2, -0.15) is 0 Å². The second kappa shape index (κ2) is 5.46. The Morgan fingerprint density at radius 1 is 1.00 bits per heavy atom. The maximum absolute atomic E-state index is 3.49. The highest BCUT2D eigenvalue weighted by molar-refractivity contribution is 5.19. The van der Waals surface area contributed by atoms with Crippen molar-refractivity contribution in [3.8, 4) is 0 Å². The molecule has 1 N–H and O–H groups in total. The number of nitrogens with one attached hydrogen (secondary N) is 1. The van der Waals surface area contributed by atoms with Crippen LogP contribution in [0.25, 0.3) is 0 Å². The van der Waals surface area contributed by atoms with Gasteiger partial charge in [-0.15, -0.1) is 0 Å². The second-order valence-electron chi connectivity index (χ2n) is 4.98. The summed E-state index contributed by atoms with van der Waals surface area (Å²) in [5, 5.41) is 2.08. The molecular weight excluding hydrogens is 196 g/mol. The molecule has 0 aliphatic heterocycles. The third-order valence-electron chi connectivity index (χ3n) is 3.44. The Morgan fingerprint density at radius 3 is 2.19 bits per heavy atom. The molecule has 0 atom stereocenters. The summed E-state index contributed by atoms with van der Waals surface area (Å²) in [6, 6.07) is 11.6. The Kier molecular flexibility index (Phi) is 3.97. The molecule has 1 aliphatic rings. The van der Waals surface area contributed by atoms with Gasteiger partial charge in [-0.3, -0.25) is 10.4 Å². The van der Waals surface area contributed by atoms with Crippen molar-refractivity contribution in [1.82, 2.24) is 10.4 Å². The Balaban J connectivity index is 1.86. The molecule has 0 aromatic heterocycles. The number of hydrogen-bond acceptors (Lipinski definition) is 2. The molecule has 1 aromatic carbocycles. The van der Waals surface area contributed by atoms with Crippen molar-refractivity contribution in [2.45, 2.75) is 37.6 Å². The molecule has 0 unspecified atom stereocenters. The monoisotopic (exact) mass is 218 g/mol. The summed E-state index contributed by atoms with van der Waals surface area (Å²) < 4.78 is 0. The second-order valence-corrected chi connectivity index (χ2v) is 4.98. The Bertz CT molecular complexity index is 300. The lowest BCUT2D eigenvalue weighted by molar-refractivity contribution is 0.200. The molecule has 0 radical (unpaired) electrons. The summed E-state index contributed by atoms with van der Waals surface area (Å²) in [6.07, 6.45) is 5.21. The first-order valence-electron chi connectivity index (χ1n) is 6.24. The SMILES string of the molecule is CN(C)NC1CCC(c2ccccc2)CC1. The van der Waals surface area contributed by atoms with Gasteiger partial charge in [0.25, 0.3) is 0 Å². The van der Waals surface area contributed by atoms with E-state index in [-0.39, 0.29) is 0 Å². The van der Waals surface area contributed by atoms with Gasteiger partial charge in [0.05, 0.1) is 0 Å². The fourth-order valence-electron chi connectivity index (χ4n) is 2.65. The van der Waals surface area contributed by atoms with Crippen LogP contribution < -0.4 is 5.43 Å². The number of hydrazine groups is 1. The predicted octanol–water partition coefficient (Wildman–Crippen LogP) is 2.78.